The molecule has 3 nitrogen and oxygen atoms in total. The molecule has 3 heteroatoms. The lowest BCUT2D eigenvalue weighted by molar-refractivity contribution is 0.0330. The van der Waals surface area contributed by atoms with Crippen LogP contribution in [0, 0.1) is 0 Å². The second kappa shape index (κ2) is 5.52. The average Bonchev–Trinajstić information content (AvgIpc) is 2.05. The van der Waals surface area contributed by atoms with E-state index >= 15 is 0 Å². The summed E-state index contributed by atoms with van der Waals surface area (Å²) in [5, 5.41) is 12.9. The molecule has 0 aromatic rings. The van der Waals surface area contributed by atoms with E-state index in [2.05, 4.69) is 5.32 Å². The van der Waals surface area contributed by atoms with Crippen LogP contribution in [0.15, 0.2) is 0 Å². The first-order valence-electron chi connectivity index (χ1n) is 4.31. The van der Waals surface area contributed by atoms with Crippen LogP contribution in [-0.2, 0) is 0 Å². The van der Waals surface area contributed by atoms with E-state index in [1.54, 1.807) is 0 Å². The molecule has 0 aromatic heterocycles. The van der Waals surface area contributed by atoms with Crippen molar-refractivity contribution in [1.82, 2.24) is 5.32 Å². The minimum Gasteiger partial charge on any atom is -0.389 e. The van der Waals surface area contributed by atoms with Gasteiger partial charge in [0.1, 0.15) is 0 Å². The Balaban J connectivity index is 3.51. The summed E-state index contributed by atoms with van der Waals surface area (Å²) in [6.45, 7) is 6.05. The van der Waals surface area contributed by atoms with Gasteiger partial charge in [-0.3, -0.25) is 0 Å². The standard InChI is InChI=1S/C8H20N2O/c1-3-8(11,4-2)7-10-6-5-9/h10-11H,3-7,9H2,1-2H3. The summed E-state index contributed by atoms with van der Waals surface area (Å²) in [5.41, 5.74) is 4.76. The zero-order chi connectivity index (χ0) is 8.74. The van der Waals surface area contributed by atoms with Crippen LogP contribution in [0.25, 0.3) is 0 Å². The number of nitrogens with two attached hydrogens (primary N) is 1. The Bertz CT molecular complexity index is 92.1. The van der Waals surface area contributed by atoms with Crippen molar-refractivity contribution in [2.75, 3.05) is 19.6 Å². The molecule has 0 fully saturated rings. The fraction of sp³-hybridized carbons (Fsp3) is 1.00. The van der Waals surface area contributed by atoms with Crippen LogP contribution in [-0.4, -0.2) is 30.3 Å². The molecule has 68 valence electrons. The highest BCUT2D eigenvalue weighted by Crippen LogP contribution is 2.12. The van der Waals surface area contributed by atoms with E-state index in [0.717, 1.165) is 19.4 Å². The third-order valence-corrected chi connectivity index (χ3v) is 2.09. The predicted molar refractivity (Wildman–Crippen MR) is 47.5 cm³/mol. The quantitative estimate of drug-likeness (QED) is 0.482. The summed E-state index contributed by atoms with van der Waals surface area (Å²) in [5.74, 6) is 0. The van der Waals surface area contributed by atoms with Crippen molar-refractivity contribution in [1.29, 1.82) is 0 Å². The van der Waals surface area contributed by atoms with E-state index < -0.39 is 5.60 Å². The minimum atomic E-state index is -0.533. The highest BCUT2D eigenvalue weighted by molar-refractivity contribution is 4.77. The first-order valence-corrected chi connectivity index (χ1v) is 4.31. The first kappa shape index (κ1) is 10.9. The van der Waals surface area contributed by atoms with Gasteiger partial charge in [0.2, 0.25) is 0 Å². The monoisotopic (exact) mass is 160 g/mol. The number of rotatable bonds is 6. The van der Waals surface area contributed by atoms with Crippen LogP contribution in [0.1, 0.15) is 26.7 Å². The predicted octanol–water partition coefficient (Wildman–Crippen LogP) is 0.0858. The molecule has 0 aromatic carbocycles. The van der Waals surface area contributed by atoms with Gasteiger partial charge in [0, 0.05) is 19.6 Å². The SMILES string of the molecule is CCC(O)(CC)CNCCN. The van der Waals surface area contributed by atoms with Crippen LogP contribution in [0.3, 0.4) is 0 Å². The fourth-order valence-corrected chi connectivity index (χ4v) is 0.923. The molecule has 0 bridgehead atoms. The van der Waals surface area contributed by atoms with E-state index in [9.17, 15) is 5.11 Å². The van der Waals surface area contributed by atoms with E-state index in [1.165, 1.54) is 0 Å². The van der Waals surface area contributed by atoms with Crippen molar-refractivity contribution in [2.45, 2.75) is 32.3 Å². The zero-order valence-electron chi connectivity index (χ0n) is 7.56. The topological polar surface area (TPSA) is 58.3 Å². The van der Waals surface area contributed by atoms with Crippen LogP contribution in [0.2, 0.25) is 0 Å². The van der Waals surface area contributed by atoms with Crippen molar-refractivity contribution in [3.63, 3.8) is 0 Å². The number of nitrogens with one attached hydrogen (secondary N) is 1. The Hall–Kier alpha value is -0.120. The maximum Gasteiger partial charge on any atom is 0.0766 e. The highest BCUT2D eigenvalue weighted by Gasteiger charge is 2.20. The van der Waals surface area contributed by atoms with E-state index in [0.29, 0.717) is 13.1 Å². The Morgan fingerprint density at radius 2 is 1.91 bits per heavy atom. The number of hydrogen-bond donors (Lipinski definition) is 3. The Morgan fingerprint density at radius 1 is 1.36 bits per heavy atom. The lowest BCUT2D eigenvalue weighted by atomic mass is 9.98. The van der Waals surface area contributed by atoms with Crippen molar-refractivity contribution in [3.05, 3.63) is 0 Å². The van der Waals surface area contributed by atoms with Gasteiger partial charge in [0.15, 0.2) is 0 Å². The molecule has 0 atom stereocenters. The third kappa shape index (κ3) is 4.35. The molecule has 0 saturated carbocycles. The molecule has 0 rings (SSSR count). The average molecular weight is 160 g/mol. The molecule has 0 spiro atoms. The zero-order valence-corrected chi connectivity index (χ0v) is 7.56. The van der Waals surface area contributed by atoms with Gasteiger partial charge in [-0.05, 0) is 12.8 Å². The molecule has 0 radical (unpaired) electrons. The van der Waals surface area contributed by atoms with Gasteiger partial charge in [-0.25, -0.2) is 0 Å². The largest absolute Gasteiger partial charge is 0.389 e. The summed E-state index contributed by atoms with van der Waals surface area (Å²) in [4.78, 5) is 0. The van der Waals surface area contributed by atoms with Crippen molar-refractivity contribution < 1.29 is 5.11 Å². The molecule has 0 aliphatic heterocycles. The minimum absolute atomic E-state index is 0.533. The molecule has 0 saturated heterocycles. The fourth-order valence-electron chi connectivity index (χ4n) is 0.923. The maximum absolute atomic E-state index is 9.75. The van der Waals surface area contributed by atoms with Gasteiger partial charge in [0.25, 0.3) is 0 Å². The van der Waals surface area contributed by atoms with E-state index in [-0.39, 0.29) is 0 Å². The molecule has 0 unspecified atom stereocenters. The van der Waals surface area contributed by atoms with Crippen LogP contribution < -0.4 is 11.1 Å². The number of aliphatic hydroxyl groups is 1. The highest BCUT2D eigenvalue weighted by atomic mass is 16.3. The molecular formula is C8H20N2O. The molecular weight excluding hydrogens is 140 g/mol. The summed E-state index contributed by atoms with van der Waals surface area (Å²) >= 11 is 0. The van der Waals surface area contributed by atoms with Gasteiger partial charge in [-0.2, -0.15) is 0 Å². The molecule has 11 heavy (non-hydrogen) atoms. The summed E-state index contributed by atoms with van der Waals surface area (Å²) in [7, 11) is 0. The molecule has 4 N–H and O–H groups in total. The van der Waals surface area contributed by atoms with Gasteiger partial charge < -0.3 is 16.2 Å². The molecule has 0 aliphatic rings. The number of hydrogen-bond acceptors (Lipinski definition) is 3. The lowest BCUT2D eigenvalue weighted by Crippen LogP contribution is -2.41. The van der Waals surface area contributed by atoms with Gasteiger partial charge in [0.05, 0.1) is 5.60 Å². The second-order valence-corrected chi connectivity index (χ2v) is 2.90. The molecule has 0 aliphatic carbocycles. The van der Waals surface area contributed by atoms with Gasteiger partial charge in [-0.1, -0.05) is 13.8 Å². The second-order valence-electron chi connectivity index (χ2n) is 2.90. The Morgan fingerprint density at radius 3 is 2.27 bits per heavy atom. The smallest absolute Gasteiger partial charge is 0.0766 e. The normalized spacial score (nSPS) is 12.0. The van der Waals surface area contributed by atoms with E-state index in [4.69, 9.17) is 5.73 Å². The summed E-state index contributed by atoms with van der Waals surface area (Å²) < 4.78 is 0. The van der Waals surface area contributed by atoms with Crippen LogP contribution >= 0.6 is 0 Å². The Labute approximate surface area is 69.0 Å². The van der Waals surface area contributed by atoms with Crippen LogP contribution in [0.4, 0.5) is 0 Å². The summed E-state index contributed by atoms with van der Waals surface area (Å²) in [6, 6.07) is 0. The van der Waals surface area contributed by atoms with Crippen molar-refractivity contribution in [2.24, 2.45) is 5.73 Å². The van der Waals surface area contributed by atoms with E-state index in [1.807, 2.05) is 13.8 Å². The molecule has 0 amide bonds. The van der Waals surface area contributed by atoms with Gasteiger partial charge >= 0.3 is 0 Å². The summed E-state index contributed by atoms with van der Waals surface area (Å²) in [6.07, 6.45) is 1.59. The maximum atomic E-state index is 9.75. The molecule has 0 heterocycles. The van der Waals surface area contributed by atoms with Crippen molar-refractivity contribution >= 4 is 0 Å². The third-order valence-electron chi connectivity index (χ3n) is 2.09. The lowest BCUT2D eigenvalue weighted by Gasteiger charge is -2.25. The Kier molecular flexibility index (Phi) is 5.46. The van der Waals surface area contributed by atoms with Crippen LogP contribution in [0.5, 0.6) is 0 Å². The van der Waals surface area contributed by atoms with Crippen molar-refractivity contribution in [3.8, 4) is 0 Å². The van der Waals surface area contributed by atoms with Gasteiger partial charge in [-0.15, -0.1) is 0 Å². The first-order chi connectivity index (χ1) is 5.18.